The highest BCUT2D eigenvalue weighted by molar-refractivity contribution is 5.82. The van der Waals surface area contributed by atoms with Crippen molar-refractivity contribution in [3.63, 3.8) is 0 Å². The van der Waals surface area contributed by atoms with Crippen molar-refractivity contribution in [2.75, 3.05) is 13.2 Å². The van der Waals surface area contributed by atoms with Crippen LogP contribution in [-0.2, 0) is 9.59 Å². The monoisotopic (exact) mass is 353 g/mol. The summed E-state index contributed by atoms with van der Waals surface area (Å²) in [7, 11) is 0. The molecule has 0 aromatic heterocycles. The van der Waals surface area contributed by atoms with Gasteiger partial charge in [0.05, 0.1) is 24.7 Å². The van der Waals surface area contributed by atoms with Crippen molar-refractivity contribution in [1.82, 2.24) is 10.9 Å². The number of nitrogens with zero attached hydrogens (tertiary/aromatic N) is 1. The van der Waals surface area contributed by atoms with Crippen LogP contribution in [0.5, 0.6) is 11.5 Å². The summed E-state index contributed by atoms with van der Waals surface area (Å²) in [5.74, 6) is 0.279. The molecule has 0 heterocycles. The van der Waals surface area contributed by atoms with Crippen LogP contribution in [0.4, 0.5) is 0 Å². The van der Waals surface area contributed by atoms with Crippen LogP contribution in [0.1, 0.15) is 17.5 Å². The van der Waals surface area contributed by atoms with Gasteiger partial charge in [0.25, 0.3) is 5.91 Å². The maximum atomic E-state index is 11.7. The van der Waals surface area contributed by atoms with E-state index in [9.17, 15) is 9.59 Å². The van der Waals surface area contributed by atoms with Gasteiger partial charge in [-0.15, -0.1) is 0 Å². The Hall–Kier alpha value is -3.53. The van der Waals surface area contributed by atoms with Gasteiger partial charge in [-0.2, -0.15) is 5.26 Å². The number of carbonyl (C=O) groups excluding carboxylic acids is 2. The first-order chi connectivity index (χ1) is 12.6. The Labute approximate surface area is 151 Å². The second-order valence-electron chi connectivity index (χ2n) is 5.44. The Balaban J connectivity index is 1.62. The standard InChI is InChI=1S/C19H19N3O4/c1-14-3-2-4-17(11-14)25-10-9-18(23)21-22-19(24)13-26-16-7-5-15(12-20)6-8-16/h2-8,11H,9-10,13H2,1H3,(H,21,23)(H,22,24). The van der Waals surface area contributed by atoms with Gasteiger partial charge in [-0.05, 0) is 48.9 Å². The third-order valence-corrected chi connectivity index (χ3v) is 3.28. The van der Waals surface area contributed by atoms with E-state index in [4.69, 9.17) is 14.7 Å². The van der Waals surface area contributed by atoms with E-state index in [1.807, 2.05) is 37.3 Å². The molecule has 0 radical (unpaired) electrons. The van der Waals surface area contributed by atoms with E-state index in [0.717, 1.165) is 5.56 Å². The maximum absolute atomic E-state index is 11.7. The Morgan fingerprint density at radius 1 is 1.00 bits per heavy atom. The van der Waals surface area contributed by atoms with Crippen LogP contribution in [0, 0.1) is 18.3 Å². The fourth-order valence-electron chi connectivity index (χ4n) is 1.98. The Morgan fingerprint density at radius 3 is 2.42 bits per heavy atom. The lowest BCUT2D eigenvalue weighted by Gasteiger charge is -2.10. The van der Waals surface area contributed by atoms with E-state index in [0.29, 0.717) is 17.1 Å². The molecule has 0 saturated carbocycles. The van der Waals surface area contributed by atoms with Crippen LogP contribution in [-0.4, -0.2) is 25.0 Å². The fourth-order valence-corrected chi connectivity index (χ4v) is 1.98. The molecule has 0 aliphatic carbocycles. The predicted octanol–water partition coefficient (Wildman–Crippen LogP) is 1.86. The quantitative estimate of drug-likeness (QED) is 0.740. The number of amides is 2. The molecule has 2 aromatic carbocycles. The number of aryl methyl sites for hydroxylation is 1. The van der Waals surface area contributed by atoms with Gasteiger partial charge in [0.15, 0.2) is 6.61 Å². The molecule has 0 saturated heterocycles. The zero-order valence-corrected chi connectivity index (χ0v) is 14.3. The Bertz CT molecular complexity index is 797. The molecular formula is C19H19N3O4. The molecule has 0 atom stereocenters. The van der Waals surface area contributed by atoms with Crippen molar-refractivity contribution in [2.24, 2.45) is 0 Å². The molecule has 2 N–H and O–H groups in total. The minimum Gasteiger partial charge on any atom is -0.493 e. The molecular weight excluding hydrogens is 334 g/mol. The summed E-state index contributed by atoms with van der Waals surface area (Å²) >= 11 is 0. The third-order valence-electron chi connectivity index (χ3n) is 3.28. The number of ether oxygens (including phenoxy) is 2. The van der Waals surface area contributed by atoms with Crippen molar-refractivity contribution in [2.45, 2.75) is 13.3 Å². The molecule has 2 aromatic rings. The van der Waals surface area contributed by atoms with Crippen LogP contribution in [0.15, 0.2) is 48.5 Å². The molecule has 2 rings (SSSR count). The molecule has 2 amide bonds. The number of nitrogens with one attached hydrogen (secondary N) is 2. The zero-order valence-electron chi connectivity index (χ0n) is 14.3. The van der Waals surface area contributed by atoms with E-state index >= 15 is 0 Å². The van der Waals surface area contributed by atoms with E-state index in [1.165, 1.54) is 0 Å². The lowest BCUT2D eigenvalue weighted by atomic mass is 10.2. The molecule has 0 fully saturated rings. The van der Waals surface area contributed by atoms with Gasteiger partial charge in [0.1, 0.15) is 11.5 Å². The average molecular weight is 353 g/mol. The zero-order chi connectivity index (χ0) is 18.8. The third kappa shape index (κ3) is 6.53. The second-order valence-corrected chi connectivity index (χ2v) is 5.44. The molecule has 134 valence electrons. The fraction of sp³-hybridized carbons (Fsp3) is 0.211. The average Bonchev–Trinajstić information content (AvgIpc) is 2.65. The van der Waals surface area contributed by atoms with E-state index in [-0.39, 0.29) is 25.5 Å². The molecule has 0 aliphatic rings. The summed E-state index contributed by atoms with van der Waals surface area (Å²) in [6.07, 6.45) is 0.102. The van der Waals surface area contributed by atoms with E-state index in [1.54, 1.807) is 24.3 Å². The first kappa shape index (κ1) is 18.8. The minimum atomic E-state index is -0.498. The van der Waals surface area contributed by atoms with Crippen LogP contribution in [0.2, 0.25) is 0 Å². The number of carbonyl (C=O) groups is 2. The summed E-state index contributed by atoms with van der Waals surface area (Å²) in [5.41, 5.74) is 6.13. The smallest absolute Gasteiger partial charge is 0.276 e. The van der Waals surface area contributed by atoms with Gasteiger partial charge in [0.2, 0.25) is 5.91 Å². The van der Waals surface area contributed by atoms with Crippen molar-refractivity contribution in [3.8, 4) is 17.6 Å². The Morgan fingerprint density at radius 2 is 1.73 bits per heavy atom. The summed E-state index contributed by atoms with van der Waals surface area (Å²) in [5, 5.41) is 8.70. The van der Waals surface area contributed by atoms with Crippen molar-refractivity contribution in [3.05, 3.63) is 59.7 Å². The second kappa shape index (κ2) is 9.69. The number of rotatable bonds is 7. The largest absolute Gasteiger partial charge is 0.493 e. The highest BCUT2D eigenvalue weighted by Crippen LogP contribution is 2.12. The lowest BCUT2D eigenvalue weighted by Crippen LogP contribution is -2.44. The predicted molar refractivity (Wildman–Crippen MR) is 94.2 cm³/mol. The maximum Gasteiger partial charge on any atom is 0.276 e. The van der Waals surface area contributed by atoms with Crippen LogP contribution < -0.4 is 20.3 Å². The first-order valence-electron chi connectivity index (χ1n) is 7.97. The summed E-state index contributed by atoms with van der Waals surface area (Å²) in [6, 6.07) is 15.9. The minimum absolute atomic E-state index is 0.102. The number of hydrogen-bond donors (Lipinski definition) is 2. The summed E-state index contributed by atoms with van der Waals surface area (Å²) in [6.45, 7) is 1.90. The van der Waals surface area contributed by atoms with Gasteiger partial charge in [-0.3, -0.25) is 20.4 Å². The molecule has 0 spiro atoms. The van der Waals surface area contributed by atoms with Gasteiger partial charge < -0.3 is 9.47 Å². The number of hydrazine groups is 1. The van der Waals surface area contributed by atoms with Crippen molar-refractivity contribution >= 4 is 11.8 Å². The van der Waals surface area contributed by atoms with Crippen molar-refractivity contribution in [1.29, 1.82) is 5.26 Å². The summed E-state index contributed by atoms with van der Waals surface area (Å²) < 4.78 is 10.7. The molecule has 0 unspecified atom stereocenters. The molecule has 26 heavy (non-hydrogen) atoms. The number of nitriles is 1. The van der Waals surface area contributed by atoms with E-state index in [2.05, 4.69) is 10.9 Å². The highest BCUT2D eigenvalue weighted by atomic mass is 16.5. The number of hydrogen-bond acceptors (Lipinski definition) is 5. The van der Waals surface area contributed by atoms with Crippen LogP contribution >= 0.6 is 0 Å². The topological polar surface area (TPSA) is 100 Å². The Kier molecular flexibility index (Phi) is 7.01. The summed E-state index contributed by atoms with van der Waals surface area (Å²) in [4.78, 5) is 23.3. The van der Waals surface area contributed by atoms with Crippen LogP contribution in [0.3, 0.4) is 0 Å². The molecule has 0 aliphatic heterocycles. The van der Waals surface area contributed by atoms with Crippen molar-refractivity contribution < 1.29 is 19.1 Å². The first-order valence-corrected chi connectivity index (χ1v) is 7.97. The van der Waals surface area contributed by atoms with Gasteiger partial charge in [-0.1, -0.05) is 12.1 Å². The van der Waals surface area contributed by atoms with E-state index < -0.39 is 5.91 Å². The lowest BCUT2D eigenvalue weighted by molar-refractivity contribution is -0.130. The highest BCUT2D eigenvalue weighted by Gasteiger charge is 2.06. The molecule has 7 heteroatoms. The SMILES string of the molecule is Cc1cccc(OCCC(=O)NNC(=O)COc2ccc(C#N)cc2)c1. The molecule has 7 nitrogen and oxygen atoms in total. The normalized spacial score (nSPS) is 9.69. The van der Waals surface area contributed by atoms with Gasteiger partial charge in [-0.25, -0.2) is 0 Å². The molecule has 0 bridgehead atoms. The van der Waals surface area contributed by atoms with Gasteiger partial charge >= 0.3 is 0 Å². The van der Waals surface area contributed by atoms with Gasteiger partial charge in [0, 0.05) is 0 Å². The number of benzene rings is 2. The van der Waals surface area contributed by atoms with Crippen LogP contribution in [0.25, 0.3) is 0 Å².